The molecule has 22 heavy (non-hydrogen) atoms. The molecule has 0 spiro atoms. The van der Waals surface area contributed by atoms with Crippen LogP contribution in [0.25, 0.3) is 0 Å². The first-order chi connectivity index (χ1) is 10.8. The van der Waals surface area contributed by atoms with E-state index in [1.54, 1.807) is 11.3 Å². The highest BCUT2D eigenvalue weighted by Gasteiger charge is 2.52. The molecule has 0 amide bonds. The smallest absolute Gasteiger partial charge is 0.170 e. The van der Waals surface area contributed by atoms with Crippen molar-refractivity contribution in [2.75, 3.05) is 19.6 Å². The van der Waals surface area contributed by atoms with Crippen LogP contribution in [0.15, 0.2) is 34.9 Å². The third-order valence-corrected chi connectivity index (χ3v) is 6.21. The van der Waals surface area contributed by atoms with Crippen LogP contribution in [0.5, 0.6) is 0 Å². The van der Waals surface area contributed by atoms with Crippen LogP contribution in [0.3, 0.4) is 0 Å². The molecule has 3 saturated heterocycles. The fourth-order valence-corrected chi connectivity index (χ4v) is 4.98. The zero-order chi connectivity index (χ0) is 15.0. The Bertz CT molecular complexity index is 628. The molecule has 114 valence electrons. The quantitative estimate of drug-likeness (QED) is 0.605. The minimum absolute atomic E-state index is 0.551. The molecule has 3 atom stereocenters. The Morgan fingerprint density at radius 2 is 2.27 bits per heavy atom. The third-order valence-electron chi connectivity index (χ3n) is 5.42. The van der Waals surface area contributed by atoms with Crippen molar-refractivity contribution in [1.29, 1.82) is 0 Å². The molecule has 0 aliphatic carbocycles. The lowest BCUT2D eigenvalue weighted by molar-refractivity contribution is -0.910. The molecular formula is C18H22N3S+. The standard InChI is InChI=1S/C18H22N3S/c1-15-18(16-7-10-20(15)11-8-16)21(13-4-9-19-21)12-2-5-17-6-3-14-22-17/h3-4,6,9,13-16,18H,7-8,10-12H2,1H3/q+1/t15-,18-,21?/m0/s1. The summed E-state index contributed by atoms with van der Waals surface area (Å²) >= 11 is 1.71. The van der Waals surface area contributed by atoms with E-state index in [-0.39, 0.29) is 0 Å². The Balaban J connectivity index is 1.60. The van der Waals surface area contributed by atoms with Crippen molar-refractivity contribution >= 4 is 17.6 Å². The van der Waals surface area contributed by atoms with E-state index in [2.05, 4.69) is 53.5 Å². The van der Waals surface area contributed by atoms with Crippen molar-refractivity contribution in [1.82, 2.24) is 4.90 Å². The van der Waals surface area contributed by atoms with Gasteiger partial charge in [0.1, 0.15) is 12.2 Å². The molecular weight excluding hydrogens is 290 g/mol. The number of hydrogen-bond acceptors (Lipinski definition) is 3. The Kier molecular flexibility index (Phi) is 3.65. The molecule has 4 aliphatic heterocycles. The van der Waals surface area contributed by atoms with Crippen LogP contribution in [0.1, 0.15) is 24.6 Å². The summed E-state index contributed by atoms with van der Waals surface area (Å²) in [5.41, 5.74) is 0. The normalized spacial score (nSPS) is 39.0. The van der Waals surface area contributed by atoms with Gasteiger partial charge < -0.3 is 0 Å². The van der Waals surface area contributed by atoms with Gasteiger partial charge >= 0.3 is 0 Å². The van der Waals surface area contributed by atoms with Gasteiger partial charge in [-0.25, -0.2) is 0 Å². The van der Waals surface area contributed by atoms with E-state index in [1.807, 2.05) is 6.21 Å². The summed E-state index contributed by atoms with van der Waals surface area (Å²) in [5, 5.41) is 6.94. The number of nitrogens with zero attached hydrogens (tertiary/aromatic N) is 3. The summed E-state index contributed by atoms with van der Waals surface area (Å²) in [5.74, 6) is 7.48. The van der Waals surface area contributed by atoms with Crippen LogP contribution < -0.4 is 0 Å². The monoisotopic (exact) mass is 312 g/mol. The van der Waals surface area contributed by atoms with Crippen LogP contribution in [-0.2, 0) is 0 Å². The van der Waals surface area contributed by atoms with Gasteiger partial charge in [0.2, 0.25) is 0 Å². The van der Waals surface area contributed by atoms with E-state index in [0.717, 1.165) is 17.3 Å². The number of allylic oxidation sites excluding steroid dienone is 1. The van der Waals surface area contributed by atoms with Gasteiger partial charge in [0.15, 0.2) is 6.54 Å². The molecule has 0 radical (unpaired) electrons. The van der Waals surface area contributed by atoms with Gasteiger partial charge in [-0.2, -0.15) is 4.59 Å². The first kappa shape index (κ1) is 14.2. The molecule has 5 rings (SSSR count). The number of piperidine rings is 3. The Labute approximate surface area is 136 Å². The maximum Gasteiger partial charge on any atom is 0.170 e. The van der Waals surface area contributed by atoms with Crippen LogP contribution >= 0.6 is 11.3 Å². The Morgan fingerprint density at radius 3 is 2.91 bits per heavy atom. The fourth-order valence-electron chi connectivity index (χ4n) is 4.38. The average molecular weight is 312 g/mol. The largest absolute Gasteiger partial charge is 0.295 e. The summed E-state index contributed by atoms with van der Waals surface area (Å²) in [7, 11) is 0. The molecule has 4 heteroatoms. The van der Waals surface area contributed by atoms with Crippen molar-refractivity contribution in [3.63, 3.8) is 0 Å². The van der Waals surface area contributed by atoms with Gasteiger partial charge in [0.05, 0.1) is 17.1 Å². The molecule has 3 nitrogen and oxygen atoms in total. The van der Waals surface area contributed by atoms with Crippen molar-refractivity contribution in [3.05, 3.63) is 34.7 Å². The number of hydrogen-bond donors (Lipinski definition) is 0. The van der Waals surface area contributed by atoms with Gasteiger partial charge in [0, 0.05) is 12.0 Å². The highest BCUT2D eigenvalue weighted by Crippen LogP contribution is 2.40. The van der Waals surface area contributed by atoms with E-state index < -0.39 is 0 Å². The second-order valence-corrected chi connectivity index (χ2v) is 7.48. The summed E-state index contributed by atoms with van der Waals surface area (Å²) in [6.07, 6.45) is 8.94. The lowest BCUT2D eigenvalue weighted by atomic mass is 9.78. The number of quaternary nitrogens is 1. The van der Waals surface area contributed by atoms with Gasteiger partial charge in [-0.1, -0.05) is 17.1 Å². The predicted molar refractivity (Wildman–Crippen MR) is 91.5 cm³/mol. The Hall–Kier alpha value is -1.41. The molecule has 0 saturated carbocycles. The van der Waals surface area contributed by atoms with E-state index in [0.29, 0.717) is 16.7 Å². The fraction of sp³-hybridized carbons (Fsp3) is 0.500. The predicted octanol–water partition coefficient (Wildman–Crippen LogP) is 2.91. The van der Waals surface area contributed by atoms with Gasteiger partial charge in [0.25, 0.3) is 0 Å². The van der Waals surface area contributed by atoms with Crippen LogP contribution in [-0.4, -0.2) is 47.4 Å². The van der Waals surface area contributed by atoms with Crippen LogP contribution in [0, 0.1) is 17.8 Å². The molecule has 1 aromatic rings. The molecule has 0 N–H and O–H groups in total. The minimum atomic E-state index is 0.551. The molecule has 1 unspecified atom stereocenters. The van der Waals surface area contributed by atoms with Gasteiger partial charge in [-0.05, 0) is 50.2 Å². The number of fused-ring (bicyclic) bond motifs is 3. The van der Waals surface area contributed by atoms with Crippen LogP contribution in [0.2, 0.25) is 0 Å². The van der Waals surface area contributed by atoms with Crippen molar-refractivity contribution in [3.8, 4) is 11.8 Å². The second-order valence-electron chi connectivity index (χ2n) is 6.53. The number of thiophene rings is 1. The second kappa shape index (κ2) is 5.66. The van der Waals surface area contributed by atoms with Crippen molar-refractivity contribution < 1.29 is 4.59 Å². The SMILES string of the molecule is C[C@H]1[C@H]([N+]2(CC#Cc3cccs3)C=CC=N2)C2CCN1CC2. The zero-order valence-electron chi connectivity index (χ0n) is 13.0. The summed E-state index contributed by atoms with van der Waals surface area (Å²) < 4.78 is 0.681. The molecule has 2 bridgehead atoms. The topological polar surface area (TPSA) is 15.6 Å². The van der Waals surface area contributed by atoms with Crippen molar-refractivity contribution in [2.24, 2.45) is 11.0 Å². The molecule has 1 aromatic heterocycles. The third kappa shape index (κ3) is 2.34. The first-order valence-corrected chi connectivity index (χ1v) is 9.04. The van der Waals surface area contributed by atoms with Crippen molar-refractivity contribution in [2.45, 2.75) is 31.8 Å². The first-order valence-electron chi connectivity index (χ1n) is 8.16. The summed E-state index contributed by atoms with van der Waals surface area (Å²) in [4.78, 5) is 3.78. The van der Waals surface area contributed by atoms with E-state index >= 15 is 0 Å². The lowest BCUT2D eigenvalue weighted by Gasteiger charge is -2.52. The molecule has 5 heterocycles. The number of rotatable bonds is 2. The van der Waals surface area contributed by atoms with E-state index in [9.17, 15) is 0 Å². The maximum atomic E-state index is 4.85. The molecule has 4 aliphatic rings. The van der Waals surface area contributed by atoms with E-state index in [1.165, 1.54) is 25.9 Å². The molecule has 0 aromatic carbocycles. The minimum Gasteiger partial charge on any atom is -0.295 e. The lowest BCUT2D eigenvalue weighted by Crippen LogP contribution is -2.66. The maximum absolute atomic E-state index is 4.85. The summed E-state index contributed by atoms with van der Waals surface area (Å²) in [6, 6.07) is 5.29. The zero-order valence-corrected chi connectivity index (χ0v) is 13.8. The van der Waals surface area contributed by atoms with Crippen LogP contribution in [0.4, 0.5) is 0 Å². The highest BCUT2D eigenvalue weighted by atomic mass is 32.1. The van der Waals surface area contributed by atoms with Gasteiger partial charge in [-0.15, -0.1) is 11.3 Å². The molecule has 3 fully saturated rings. The Morgan fingerprint density at radius 1 is 1.41 bits per heavy atom. The highest BCUT2D eigenvalue weighted by molar-refractivity contribution is 7.10. The average Bonchev–Trinajstić information content (AvgIpc) is 3.21. The van der Waals surface area contributed by atoms with Gasteiger partial charge in [-0.3, -0.25) is 4.90 Å². The van der Waals surface area contributed by atoms with E-state index in [4.69, 9.17) is 5.10 Å². The summed E-state index contributed by atoms with van der Waals surface area (Å²) in [6.45, 7) is 5.68.